The Bertz CT molecular complexity index is 330. The Morgan fingerprint density at radius 1 is 0.857 bits per heavy atom. The van der Waals surface area contributed by atoms with Gasteiger partial charge in [-0.25, -0.2) is 0 Å². The van der Waals surface area contributed by atoms with Gasteiger partial charge in [-0.15, -0.1) is 0 Å². The summed E-state index contributed by atoms with van der Waals surface area (Å²) in [5.41, 5.74) is 0. The fraction of sp³-hybridized carbons (Fsp3) is 1.00. The molecular formula is C18H37N3+2. The van der Waals surface area contributed by atoms with Gasteiger partial charge in [0.05, 0.1) is 53.9 Å². The van der Waals surface area contributed by atoms with Crippen molar-refractivity contribution in [1.82, 2.24) is 4.90 Å². The van der Waals surface area contributed by atoms with Gasteiger partial charge in [-0.2, -0.15) is 0 Å². The number of piperazine rings is 1. The van der Waals surface area contributed by atoms with Crippen molar-refractivity contribution in [3.05, 3.63) is 0 Å². The predicted molar refractivity (Wildman–Crippen MR) is 89.2 cm³/mol. The minimum Gasteiger partial charge on any atom is -0.326 e. The molecule has 122 valence electrons. The van der Waals surface area contributed by atoms with Crippen LogP contribution in [0.2, 0.25) is 0 Å². The zero-order valence-electron chi connectivity index (χ0n) is 14.7. The van der Waals surface area contributed by atoms with Crippen LogP contribution in [-0.4, -0.2) is 86.4 Å². The molecule has 3 nitrogen and oxygen atoms in total. The third-order valence-corrected chi connectivity index (χ3v) is 6.96. The van der Waals surface area contributed by atoms with Crippen molar-refractivity contribution in [2.75, 3.05) is 60.4 Å². The molecule has 0 aromatic rings. The lowest BCUT2D eigenvalue weighted by atomic mass is 9.89. The van der Waals surface area contributed by atoms with Crippen molar-refractivity contribution in [3.8, 4) is 0 Å². The molecule has 0 N–H and O–H groups in total. The maximum Gasteiger partial charge on any atom is 0.102 e. The number of piperidine rings is 2. The van der Waals surface area contributed by atoms with E-state index in [-0.39, 0.29) is 0 Å². The highest BCUT2D eigenvalue weighted by atomic mass is 15.4. The second kappa shape index (κ2) is 6.17. The zero-order chi connectivity index (χ0) is 14.9. The van der Waals surface area contributed by atoms with Gasteiger partial charge in [0.2, 0.25) is 0 Å². The number of likely N-dealkylation sites (N-methyl/N-ethyl adjacent to an activating group) is 1. The number of hydrogen-bond acceptors (Lipinski definition) is 1. The van der Waals surface area contributed by atoms with Gasteiger partial charge in [-0.05, 0) is 25.7 Å². The molecule has 3 aliphatic rings. The van der Waals surface area contributed by atoms with Crippen LogP contribution in [0.3, 0.4) is 0 Å². The number of hydrogen-bond donors (Lipinski definition) is 0. The molecule has 3 fully saturated rings. The van der Waals surface area contributed by atoms with Gasteiger partial charge in [0.25, 0.3) is 0 Å². The van der Waals surface area contributed by atoms with E-state index in [1.807, 2.05) is 0 Å². The zero-order valence-corrected chi connectivity index (χ0v) is 14.7. The Kier molecular flexibility index (Phi) is 4.63. The molecule has 3 heteroatoms. The molecule has 3 saturated heterocycles. The van der Waals surface area contributed by atoms with Crippen LogP contribution >= 0.6 is 0 Å². The van der Waals surface area contributed by atoms with Gasteiger partial charge in [0.15, 0.2) is 0 Å². The fourth-order valence-electron chi connectivity index (χ4n) is 5.18. The van der Waals surface area contributed by atoms with Crippen molar-refractivity contribution in [1.29, 1.82) is 0 Å². The highest BCUT2D eigenvalue weighted by Gasteiger charge is 2.45. The van der Waals surface area contributed by atoms with E-state index in [1.54, 1.807) is 0 Å². The topological polar surface area (TPSA) is 3.24 Å². The second-order valence-electron chi connectivity index (χ2n) is 8.83. The summed E-state index contributed by atoms with van der Waals surface area (Å²) in [5.74, 6) is 0. The lowest BCUT2D eigenvalue weighted by molar-refractivity contribution is -0.948. The Labute approximate surface area is 132 Å². The molecule has 0 amide bonds. The van der Waals surface area contributed by atoms with E-state index in [0.717, 1.165) is 12.1 Å². The number of nitrogens with zero attached hydrogens (tertiary/aromatic N) is 3. The first kappa shape index (κ1) is 15.8. The summed E-state index contributed by atoms with van der Waals surface area (Å²) in [7, 11) is 7.45. The monoisotopic (exact) mass is 295 g/mol. The summed E-state index contributed by atoms with van der Waals surface area (Å²) < 4.78 is 2.65. The van der Waals surface area contributed by atoms with Crippen LogP contribution in [0.25, 0.3) is 0 Å². The fourth-order valence-corrected chi connectivity index (χ4v) is 5.18. The van der Waals surface area contributed by atoms with Crippen LogP contribution < -0.4 is 0 Å². The van der Waals surface area contributed by atoms with Crippen LogP contribution in [0.4, 0.5) is 0 Å². The van der Waals surface area contributed by atoms with Gasteiger partial charge in [0, 0.05) is 25.8 Å². The second-order valence-corrected chi connectivity index (χ2v) is 8.83. The van der Waals surface area contributed by atoms with E-state index in [4.69, 9.17) is 0 Å². The van der Waals surface area contributed by atoms with Gasteiger partial charge in [-0.3, -0.25) is 4.90 Å². The summed E-state index contributed by atoms with van der Waals surface area (Å²) in [6, 6.07) is 1.80. The van der Waals surface area contributed by atoms with E-state index >= 15 is 0 Å². The van der Waals surface area contributed by atoms with Gasteiger partial charge in [0.1, 0.15) is 12.1 Å². The Morgan fingerprint density at radius 3 is 2.10 bits per heavy atom. The Hall–Kier alpha value is -0.120. The van der Waals surface area contributed by atoms with Gasteiger partial charge < -0.3 is 8.97 Å². The van der Waals surface area contributed by atoms with Crippen LogP contribution in [0.5, 0.6) is 0 Å². The third-order valence-electron chi connectivity index (χ3n) is 6.96. The summed E-state index contributed by atoms with van der Waals surface area (Å²) in [6.07, 6.45) is 10.2. The number of fused-ring (bicyclic) bond motifs is 2. The van der Waals surface area contributed by atoms with Crippen molar-refractivity contribution >= 4 is 0 Å². The van der Waals surface area contributed by atoms with E-state index in [1.165, 1.54) is 93.2 Å². The van der Waals surface area contributed by atoms with Crippen molar-refractivity contribution in [3.63, 3.8) is 0 Å². The molecular weight excluding hydrogens is 258 g/mol. The Balaban J connectivity index is 1.46. The Morgan fingerprint density at radius 2 is 1.48 bits per heavy atom. The van der Waals surface area contributed by atoms with Crippen molar-refractivity contribution in [2.24, 2.45) is 0 Å². The quantitative estimate of drug-likeness (QED) is 0.720. The summed E-state index contributed by atoms with van der Waals surface area (Å²) in [4.78, 5) is 2.80. The smallest absolute Gasteiger partial charge is 0.102 e. The molecule has 3 heterocycles. The summed E-state index contributed by atoms with van der Waals surface area (Å²) in [6.45, 7) is 8.32. The third kappa shape index (κ3) is 3.46. The number of likely N-dealkylation sites (tertiary alicyclic amines) is 2. The van der Waals surface area contributed by atoms with Crippen LogP contribution in [0.1, 0.15) is 44.9 Å². The van der Waals surface area contributed by atoms with Crippen molar-refractivity contribution < 1.29 is 8.97 Å². The normalized spacial score (nSPS) is 35.6. The molecule has 2 bridgehead atoms. The number of rotatable bonds is 4. The molecule has 0 spiro atoms. The molecule has 3 rings (SSSR count). The van der Waals surface area contributed by atoms with E-state index in [2.05, 4.69) is 26.0 Å². The highest BCUT2D eigenvalue weighted by molar-refractivity contribution is 4.83. The molecule has 2 unspecified atom stereocenters. The maximum absolute atomic E-state index is 2.80. The number of quaternary nitrogens is 2. The van der Waals surface area contributed by atoms with E-state index < -0.39 is 0 Å². The highest BCUT2D eigenvalue weighted by Crippen LogP contribution is 2.32. The minimum absolute atomic E-state index is 0.900. The largest absolute Gasteiger partial charge is 0.326 e. The van der Waals surface area contributed by atoms with E-state index in [0.29, 0.717) is 0 Å². The first-order chi connectivity index (χ1) is 10.00. The van der Waals surface area contributed by atoms with Crippen LogP contribution in [-0.2, 0) is 0 Å². The summed E-state index contributed by atoms with van der Waals surface area (Å²) in [5, 5.41) is 0. The molecule has 0 radical (unpaired) electrons. The standard InChI is InChI=1S/C18H37N3/c1-20(2)17-9-7-10-18(20)16-19(15-17)11-8-14-21(3)12-5-4-6-13-21/h17-18H,4-16H2,1-3H3/q+2. The summed E-state index contributed by atoms with van der Waals surface area (Å²) >= 11 is 0. The van der Waals surface area contributed by atoms with Gasteiger partial charge >= 0.3 is 0 Å². The van der Waals surface area contributed by atoms with Crippen molar-refractivity contribution in [2.45, 2.75) is 57.0 Å². The molecule has 3 aliphatic heterocycles. The lowest BCUT2D eigenvalue weighted by Crippen LogP contribution is -2.68. The minimum atomic E-state index is 0.900. The average Bonchev–Trinajstić information content (AvgIpc) is 2.40. The van der Waals surface area contributed by atoms with Crippen LogP contribution in [0.15, 0.2) is 0 Å². The van der Waals surface area contributed by atoms with E-state index in [9.17, 15) is 0 Å². The predicted octanol–water partition coefficient (Wildman–Crippen LogP) is 2.32. The molecule has 0 aliphatic carbocycles. The first-order valence-corrected chi connectivity index (χ1v) is 9.39. The SMILES string of the molecule is C[N+]1(CCCN2CC3CCCC(C2)[N+]3(C)C)CCCCC1. The molecule has 0 aromatic heterocycles. The average molecular weight is 296 g/mol. The van der Waals surface area contributed by atoms with Gasteiger partial charge in [-0.1, -0.05) is 0 Å². The molecule has 0 saturated carbocycles. The van der Waals surface area contributed by atoms with Crippen LogP contribution in [0, 0.1) is 0 Å². The molecule has 2 atom stereocenters. The lowest BCUT2D eigenvalue weighted by Gasteiger charge is -2.54. The molecule has 21 heavy (non-hydrogen) atoms. The molecule has 0 aromatic carbocycles. The first-order valence-electron chi connectivity index (χ1n) is 9.39. The maximum atomic E-state index is 2.80.